The summed E-state index contributed by atoms with van der Waals surface area (Å²) in [6.07, 6.45) is -10.4. The predicted octanol–water partition coefficient (Wildman–Crippen LogP) is 3.51. The number of pyridine rings is 1. The van der Waals surface area contributed by atoms with E-state index in [0.29, 0.717) is 0 Å². The summed E-state index contributed by atoms with van der Waals surface area (Å²) in [5, 5.41) is 10.5. The maximum Gasteiger partial charge on any atom is 0.575 e. The molecule has 19 heavy (non-hydrogen) atoms. The quantitative estimate of drug-likeness (QED) is 0.329. The minimum atomic E-state index is -5.31. The van der Waals surface area contributed by atoms with Gasteiger partial charge in [-0.3, -0.25) is 0 Å². The molecule has 0 saturated carbocycles. The van der Waals surface area contributed by atoms with E-state index < -0.39 is 38.3 Å². The van der Waals surface area contributed by atoms with Gasteiger partial charge in [-0.2, -0.15) is 13.2 Å². The number of ether oxygens (including phenoxy) is 1. The van der Waals surface area contributed by atoms with Crippen LogP contribution >= 0.6 is 22.6 Å². The second-order valence-electron chi connectivity index (χ2n) is 2.95. The molecule has 0 bridgehead atoms. The lowest BCUT2D eigenvalue weighted by molar-refractivity contribution is -0.391. The van der Waals surface area contributed by atoms with Gasteiger partial charge in [0.15, 0.2) is 0 Å². The molecular formula is C7HF6IN2O3. The van der Waals surface area contributed by atoms with Gasteiger partial charge in [0.05, 0.1) is 5.56 Å². The van der Waals surface area contributed by atoms with Gasteiger partial charge in [0, 0.05) is 11.1 Å². The third-order valence-electron chi connectivity index (χ3n) is 1.62. The van der Waals surface area contributed by atoms with Gasteiger partial charge in [-0.1, -0.05) is 0 Å². The molecule has 1 aromatic rings. The van der Waals surface area contributed by atoms with Crippen molar-refractivity contribution in [2.45, 2.75) is 12.5 Å². The van der Waals surface area contributed by atoms with Gasteiger partial charge < -0.3 is 14.9 Å². The number of hydrogen-bond donors (Lipinski definition) is 0. The van der Waals surface area contributed by atoms with E-state index in [2.05, 4.69) is 9.72 Å². The maximum atomic E-state index is 12.5. The van der Waals surface area contributed by atoms with E-state index in [1.165, 1.54) is 0 Å². The monoisotopic (exact) mass is 402 g/mol. The van der Waals surface area contributed by atoms with Crippen LogP contribution in [0.1, 0.15) is 5.56 Å². The molecule has 0 aliphatic carbocycles. The minimum absolute atomic E-state index is 0.0533. The zero-order chi connectivity index (χ0) is 15.0. The molecular weight excluding hydrogens is 401 g/mol. The molecule has 0 N–H and O–H groups in total. The Morgan fingerprint density at radius 3 is 2.16 bits per heavy atom. The van der Waals surface area contributed by atoms with Crippen LogP contribution in [0.25, 0.3) is 0 Å². The van der Waals surface area contributed by atoms with Gasteiger partial charge in [0.1, 0.15) is 3.57 Å². The van der Waals surface area contributed by atoms with Crippen molar-refractivity contribution in [1.82, 2.24) is 4.98 Å². The van der Waals surface area contributed by atoms with E-state index in [9.17, 15) is 36.5 Å². The number of nitro groups is 1. The Bertz CT molecular complexity index is 515. The van der Waals surface area contributed by atoms with Crippen LogP contribution in [0.3, 0.4) is 0 Å². The Balaban J connectivity index is 3.44. The molecule has 0 amide bonds. The van der Waals surface area contributed by atoms with Crippen molar-refractivity contribution < 1.29 is 36.0 Å². The van der Waals surface area contributed by atoms with Gasteiger partial charge in [-0.15, -0.1) is 13.2 Å². The molecule has 106 valence electrons. The Kier molecular flexibility index (Phi) is 4.11. The predicted molar refractivity (Wildman–Crippen MR) is 55.3 cm³/mol. The van der Waals surface area contributed by atoms with Crippen LogP contribution in [0, 0.1) is 13.7 Å². The molecule has 12 heteroatoms. The van der Waals surface area contributed by atoms with Crippen LogP contribution in [0.2, 0.25) is 0 Å². The highest BCUT2D eigenvalue weighted by Crippen LogP contribution is 2.38. The highest BCUT2D eigenvalue weighted by atomic mass is 127. The van der Waals surface area contributed by atoms with E-state index in [4.69, 9.17) is 0 Å². The summed E-state index contributed by atoms with van der Waals surface area (Å²) in [5.41, 5.74) is -1.63. The summed E-state index contributed by atoms with van der Waals surface area (Å²) in [6.45, 7) is 0. The molecule has 0 fully saturated rings. The largest absolute Gasteiger partial charge is 0.575 e. The van der Waals surface area contributed by atoms with Gasteiger partial charge in [0.25, 0.3) is 0 Å². The Hall–Kier alpha value is -1.34. The fourth-order valence-electron chi connectivity index (χ4n) is 0.991. The first-order chi connectivity index (χ1) is 8.42. The first-order valence-corrected chi connectivity index (χ1v) is 5.17. The molecule has 5 nitrogen and oxygen atoms in total. The number of nitrogens with zero attached hydrogens (tertiary/aromatic N) is 2. The Labute approximate surface area is 113 Å². The summed E-state index contributed by atoms with van der Waals surface area (Å²) >= 11 is 0.974. The van der Waals surface area contributed by atoms with Crippen LogP contribution in [0.4, 0.5) is 32.2 Å². The van der Waals surface area contributed by atoms with Crippen LogP contribution in [-0.4, -0.2) is 16.3 Å². The lowest BCUT2D eigenvalue weighted by Crippen LogP contribution is -2.20. The Morgan fingerprint density at radius 1 is 1.26 bits per heavy atom. The standard InChI is InChI=1S/C7HF6IN2O3/c8-6(9,10)2-1-3(19-7(11,12)13)15-5(4(2)14)16(17)18/h1H. The number of hydrogen-bond acceptors (Lipinski definition) is 4. The van der Waals surface area contributed by atoms with E-state index in [1.807, 2.05) is 0 Å². The number of aromatic nitrogens is 1. The average Bonchev–Trinajstić information content (AvgIpc) is 2.16. The summed E-state index contributed by atoms with van der Waals surface area (Å²) in [4.78, 5) is 11.9. The summed E-state index contributed by atoms with van der Waals surface area (Å²) < 4.78 is 75.4. The van der Waals surface area contributed by atoms with E-state index in [-0.39, 0.29) is 6.07 Å². The smallest absolute Gasteiger partial charge is 0.366 e. The summed E-state index contributed by atoms with van der Waals surface area (Å²) in [6, 6.07) is -0.0533. The molecule has 1 rings (SSSR count). The molecule has 1 heterocycles. The normalized spacial score (nSPS) is 12.4. The van der Waals surface area contributed by atoms with Gasteiger partial charge in [-0.25, -0.2) is 0 Å². The molecule has 0 radical (unpaired) electrons. The van der Waals surface area contributed by atoms with Crippen molar-refractivity contribution >= 4 is 28.4 Å². The maximum absolute atomic E-state index is 12.5. The first-order valence-electron chi connectivity index (χ1n) is 4.09. The van der Waals surface area contributed by atoms with Crippen LogP contribution in [0.5, 0.6) is 5.88 Å². The second kappa shape index (κ2) is 4.97. The highest BCUT2D eigenvalue weighted by Gasteiger charge is 2.41. The van der Waals surface area contributed by atoms with Crippen molar-refractivity contribution in [1.29, 1.82) is 0 Å². The van der Waals surface area contributed by atoms with Crippen molar-refractivity contribution in [2.75, 3.05) is 0 Å². The molecule has 0 aliphatic rings. The second-order valence-corrected chi connectivity index (χ2v) is 4.03. The molecule has 0 atom stereocenters. The lowest BCUT2D eigenvalue weighted by atomic mass is 10.2. The van der Waals surface area contributed by atoms with Gasteiger partial charge in [-0.05, 0) is 27.5 Å². The fraction of sp³-hybridized carbons (Fsp3) is 0.286. The third kappa shape index (κ3) is 4.07. The van der Waals surface area contributed by atoms with Crippen LogP contribution in [-0.2, 0) is 6.18 Å². The van der Waals surface area contributed by atoms with Crippen LogP contribution in [0.15, 0.2) is 6.07 Å². The van der Waals surface area contributed by atoms with Gasteiger partial charge >= 0.3 is 24.2 Å². The average molecular weight is 402 g/mol. The molecule has 0 saturated heterocycles. The molecule has 1 aromatic heterocycles. The molecule has 0 unspecified atom stereocenters. The fourth-order valence-corrected chi connectivity index (χ4v) is 1.77. The molecule has 0 aromatic carbocycles. The minimum Gasteiger partial charge on any atom is -0.366 e. The van der Waals surface area contributed by atoms with Crippen molar-refractivity contribution in [3.63, 3.8) is 0 Å². The third-order valence-corrected chi connectivity index (χ3v) is 2.68. The molecule has 0 aliphatic heterocycles. The topological polar surface area (TPSA) is 65.3 Å². The SMILES string of the molecule is O=[N+]([O-])c1nc(OC(F)(F)F)cc(C(F)(F)F)c1I. The Morgan fingerprint density at radius 2 is 1.79 bits per heavy atom. The van der Waals surface area contributed by atoms with Crippen molar-refractivity contribution in [3.8, 4) is 5.88 Å². The van der Waals surface area contributed by atoms with E-state index in [1.54, 1.807) is 0 Å². The summed E-state index contributed by atoms with van der Waals surface area (Å²) in [7, 11) is 0. The number of halogens is 7. The van der Waals surface area contributed by atoms with Crippen LogP contribution < -0.4 is 4.74 Å². The zero-order valence-electron chi connectivity index (χ0n) is 8.34. The lowest BCUT2D eigenvalue weighted by Gasteiger charge is -2.11. The highest BCUT2D eigenvalue weighted by molar-refractivity contribution is 14.1. The van der Waals surface area contributed by atoms with E-state index >= 15 is 0 Å². The molecule has 0 spiro atoms. The van der Waals surface area contributed by atoms with E-state index in [0.717, 1.165) is 22.6 Å². The zero-order valence-corrected chi connectivity index (χ0v) is 10.5. The van der Waals surface area contributed by atoms with Crippen molar-refractivity contribution in [2.24, 2.45) is 0 Å². The summed E-state index contributed by atoms with van der Waals surface area (Å²) in [5.74, 6) is -2.92. The number of alkyl halides is 6. The van der Waals surface area contributed by atoms with Crippen molar-refractivity contribution in [3.05, 3.63) is 25.3 Å². The first kappa shape index (κ1) is 15.7. The number of rotatable bonds is 2. The van der Waals surface area contributed by atoms with Gasteiger partial charge in [0.2, 0.25) is 0 Å².